The number of hydrogen-bond donors (Lipinski definition) is 0. The summed E-state index contributed by atoms with van der Waals surface area (Å²) < 4.78 is 8.39. The third kappa shape index (κ3) is 8.83. The van der Waals surface area contributed by atoms with Crippen LogP contribution in [0, 0.1) is 39.8 Å². The minimum atomic E-state index is 0.0556. The van der Waals surface area contributed by atoms with Gasteiger partial charge in [-0.25, -0.2) is 0 Å². The maximum absolute atomic E-state index is 8.39. The Bertz CT molecular complexity index is 8.00. The Morgan fingerprint density at radius 2 is 1.50 bits per heavy atom. The summed E-state index contributed by atoms with van der Waals surface area (Å²) in [5.74, 6) is 0. The van der Waals surface area contributed by atoms with Crippen LogP contribution in [0.5, 0.6) is 0 Å². The first-order valence-electron chi connectivity index (χ1n) is 0.462. The molecule has 0 aliphatic heterocycles. The molecule has 1 nitrogen and oxygen atoms in total. The van der Waals surface area contributed by atoms with Crippen LogP contribution in [0.3, 0.4) is 0 Å². The zero-order valence-corrected chi connectivity index (χ0v) is 11.6. The fourth-order valence-corrected chi connectivity index (χ4v) is 0. The van der Waals surface area contributed by atoms with E-state index in [1.807, 2.05) is 0 Å². The van der Waals surface area contributed by atoms with E-state index in [1.54, 1.807) is 17.1 Å². The molecule has 0 aromatic heterocycles. The van der Waals surface area contributed by atoms with Gasteiger partial charge in [0, 0.05) is 0 Å². The van der Waals surface area contributed by atoms with Crippen molar-refractivity contribution in [2.24, 2.45) is 0 Å². The first-order valence-corrected chi connectivity index (χ1v) is 15.7. The molecule has 0 radical (unpaired) electrons. The summed E-state index contributed by atoms with van der Waals surface area (Å²) >= 11 is 3.09. The zero-order chi connectivity index (χ0) is 4.00. The molecule has 0 aromatic rings. The van der Waals surface area contributed by atoms with E-state index in [-0.39, 0.29) is 39.8 Å². The summed E-state index contributed by atoms with van der Waals surface area (Å²) in [5, 5.41) is 0. The average molecular weight is 461 g/mol. The standard InChI is InChI=1S/Ce.O.Sb.Ta.2H. The van der Waals surface area contributed by atoms with E-state index in [2.05, 4.69) is 0 Å². The van der Waals surface area contributed by atoms with Crippen LogP contribution >= 0.6 is 0 Å². The Morgan fingerprint density at radius 3 is 1.50 bits per heavy atom. The van der Waals surface area contributed by atoms with Crippen LogP contribution in [0.25, 0.3) is 0 Å². The summed E-state index contributed by atoms with van der Waals surface area (Å²) in [6.45, 7) is 0. The van der Waals surface area contributed by atoms with Crippen molar-refractivity contribution in [3.05, 3.63) is 0 Å². The molecule has 0 heterocycles. The van der Waals surface area contributed by atoms with Crippen molar-refractivity contribution in [1.29, 1.82) is 0 Å². The van der Waals surface area contributed by atoms with Crippen LogP contribution < -0.4 is 0 Å². The van der Waals surface area contributed by atoms with Gasteiger partial charge >= 0.3 is 77.3 Å². The van der Waals surface area contributed by atoms with E-state index in [1.165, 1.54) is 19.4 Å². The van der Waals surface area contributed by atoms with Crippen molar-refractivity contribution in [1.82, 2.24) is 0 Å². The molecule has 0 aromatic carbocycles. The van der Waals surface area contributed by atoms with Crippen molar-refractivity contribution in [3.63, 3.8) is 0 Å². The molecule has 22 valence electrons. The molecule has 0 bridgehead atoms. The Balaban J connectivity index is 0. The molecule has 0 rings (SSSR count). The Kier molecular flexibility index (Phi) is 42.5. The molecule has 0 aliphatic rings. The van der Waals surface area contributed by atoms with Gasteiger partial charge in [-0.05, 0) is 0 Å². The van der Waals surface area contributed by atoms with Gasteiger partial charge in [-0.2, -0.15) is 0 Å². The van der Waals surface area contributed by atoms with Crippen molar-refractivity contribution in [3.8, 4) is 0 Å². The maximum atomic E-state index is 8.39. The summed E-state index contributed by atoms with van der Waals surface area (Å²) in [5.41, 5.74) is 0. The molecule has 0 saturated heterocycles. The first kappa shape index (κ1) is 9.88. The second-order valence-electron chi connectivity index (χ2n) is 0. The van der Waals surface area contributed by atoms with Crippen LogP contribution in [-0.2, 0) is 18.1 Å². The van der Waals surface area contributed by atoms with E-state index in [0.29, 0.717) is 0 Å². The molecule has 0 atom stereocenters. The van der Waals surface area contributed by atoms with Crippen LogP contribution in [0.1, 0.15) is 0 Å². The molecule has 0 fully saturated rings. The third-order valence-corrected chi connectivity index (χ3v) is 0. The molecule has 0 aliphatic carbocycles. The van der Waals surface area contributed by atoms with Crippen molar-refractivity contribution < 1.29 is 57.9 Å². The summed E-state index contributed by atoms with van der Waals surface area (Å²) in [7, 11) is 0. The second kappa shape index (κ2) is 17.2. The van der Waals surface area contributed by atoms with Gasteiger partial charge in [-0.15, -0.1) is 0 Å². The normalized spacial score (nSPS) is 2.00. The number of rotatable bonds is 0. The fraction of sp³-hybridized carbons (Fsp3) is 0. The Labute approximate surface area is 75.2 Å². The molecular weight excluding hydrogens is 459 g/mol. The predicted octanol–water partition coefficient (Wildman–Crippen LogP) is -1.04. The summed E-state index contributed by atoms with van der Waals surface area (Å²) in [4.78, 5) is 0. The van der Waals surface area contributed by atoms with Gasteiger partial charge in [0.1, 0.15) is 0 Å². The fourth-order valence-electron chi connectivity index (χ4n) is 0. The molecular formula is H2CeOSbTa. The molecule has 0 unspecified atom stereocenters. The van der Waals surface area contributed by atoms with Gasteiger partial charge in [0.2, 0.25) is 0 Å². The van der Waals surface area contributed by atoms with Crippen molar-refractivity contribution in [2.45, 2.75) is 0 Å². The average Bonchev–Trinajstić information content (AvgIpc) is 1.50. The van der Waals surface area contributed by atoms with Crippen LogP contribution in [0.15, 0.2) is 0 Å². The molecule has 4 heteroatoms. The monoisotopic (exact) mass is 460 g/mol. The minimum absolute atomic E-state index is 0.0556. The topological polar surface area (TPSA) is 17.1 Å². The van der Waals surface area contributed by atoms with Crippen LogP contribution in [0.2, 0.25) is 0 Å². The first-order chi connectivity index (χ1) is 2.00. The van der Waals surface area contributed by atoms with E-state index in [0.717, 1.165) is 0 Å². The van der Waals surface area contributed by atoms with E-state index < -0.39 is 0 Å². The Morgan fingerprint density at radius 1 is 1.50 bits per heavy atom. The molecule has 0 amide bonds. The van der Waals surface area contributed by atoms with E-state index in [4.69, 9.17) is 0.938 Å². The molecule has 0 saturated carbocycles. The zero-order valence-electron chi connectivity index (χ0n) is 1.93. The molecule has 0 spiro atoms. The van der Waals surface area contributed by atoms with Gasteiger partial charge in [-0.1, -0.05) is 0 Å². The van der Waals surface area contributed by atoms with Crippen LogP contribution in [0.4, 0.5) is 0 Å². The van der Waals surface area contributed by atoms with Gasteiger partial charge < -0.3 is 0 Å². The van der Waals surface area contributed by atoms with Gasteiger partial charge in [0.15, 0.2) is 0 Å². The summed E-state index contributed by atoms with van der Waals surface area (Å²) in [6, 6.07) is 0. The SMILES string of the molecule is [O]=[Ce].[SbH2][Ta]. The van der Waals surface area contributed by atoms with Crippen LogP contribution in [-0.4, -0.2) is 19.4 Å². The van der Waals surface area contributed by atoms with Gasteiger partial charge in [0.25, 0.3) is 0 Å². The third-order valence-electron chi connectivity index (χ3n) is 0. The van der Waals surface area contributed by atoms with E-state index in [9.17, 15) is 0 Å². The predicted molar refractivity (Wildman–Crippen MR) is 9.23 cm³/mol. The molecule has 4 heavy (non-hydrogen) atoms. The van der Waals surface area contributed by atoms with E-state index >= 15 is 0 Å². The quantitative estimate of drug-likeness (QED) is 0.422. The Hall–Kier alpha value is 2.74. The van der Waals surface area contributed by atoms with Gasteiger partial charge in [0.05, 0.1) is 0 Å². The number of hydrogen-bond acceptors (Lipinski definition) is 1. The van der Waals surface area contributed by atoms with Crippen molar-refractivity contribution in [2.75, 3.05) is 0 Å². The van der Waals surface area contributed by atoms with Gasteiger partial charge in [-0.3, -0.25) is 0 Å². The summed E-state index contributed by atoms with van der Waals surface area (Å²) in [6.07, 6.45) is 0. The molecule has 0 N–H and O–H groups in total. The second-order valence-corrected chi connectivity index (χ2v) is 0. The van der Waals surface area contributed by atoms with Crippen molar-refractivity contribution >= 4 is 19.4 Å².